The maximum atomic E-state index is 13.0. The number of pyridine rings is 1. The summed E-state index contributed by atoms with van der Waals surface area (Å²) in [6, 6.07) is 15.6. The minimum Gasteiger partial charge on any atom is -0.322 e. The molecule has 3 amide bonds. The van der Waals surface area contributed by atoms with Crippen LogP contribution in [0.1, 0.15) is 57.8 Å². The van der Waals surface area contributed by atoms with Gasteiger partial charge in [-0.2, -0.15) is 0 Å². The molecule has 1 N–H and O–H groups in total. The maximum Gasteiger partial charge on any atom is 0.263 e. The molecule has 2 saturated heterocycles. The maximum absolute atomic E-state index is 13.0. The van der Waals surface area contributed by atoms with Crippen LogP contribution in [0.15, 0.2) is 60.8 Å². The molecule has 2 aromatic carbocycles. The van der Waals surface area contributed by atoms with Crippen LogP contribution < -0.4 is 5.32 Å². The smallest absolute Gasteiger partial charge is 0.263 e. The van der Waals surface area contributed by atoms with E-state index in [4.69, 9.17) is 0 Å². The van der Waals surface area contributed by atoms with Crippen molar-refractivity contribution >= 4 is 17.7 Å². The van der Waals surface area contributed by atoms with Crippen molar-refractivity contribution < 1.29 is 23.2 Å². The topological polar surface area (TPSA) is 82.6 Å². The molecule has 2 fully saturated rings. The Morgan fingerprint density at radius 1 is 1.03 bits per heavy atom. The van der Waals surface area contributed by atoms with Crippen molar-refractivity contribution in [2.75, 3.05) is 13.1 Å². The van der Waals surface area contributed by atoms with Gasteiger partial charge in [0.1, 0.15) is 6.04 Å². The lowest BCUT2D eigenvalue weighted by Gasteiger charge is -2.39. The number of piperidine rings is 1. The third-order valence-corrected chi connectivity index (χ3v) is 7.64. The molecule has 7 nitrogen and oxygen atoms in total. The fraction of sp³-hybridized carbons (Fsp3) is 0.310. The van der Waals surface area contributed by atoms with E-state index >= 15 is 0 Å². The van der Waals surface area contributed by atoms with Gasteiger partial charge in [-0.15, -0.1) is 0 Å². The van der Waals surface area contributed by atoms with Gasteiger partial charge in [0, 0.05) is 61.4 Å². The second-order valence-electron chi connectivity index (χ2n) is 10.2. The highest BCUT2D eigenvalue weighted by molar-refractivity contribution is 6.05. The second-order valence-corrected chi connectivity index (χ2v) is 10.2. The summed E-state index contributed by atoms with van der Waals surface area (Å²) >= 11 is 0. The number of carbonyl (C=O) groups is 3. The molecule has 38 heavy (non-hydrogen) atoms. The van der Waals surface area contributed by atoms with Crippen LogP contribution >= 0.6 is 0 Å². The number of amides is 3. The summed E-state index contributed by atoms with van der Waals surface area (Å²) in [5.41, 5.74) is 5.19. The van der Waals surface area contributed by atoms with Crippen LogP contribution in [0.25, 0.3) is 11.3 Å². The Labute approximate surface area is 218 Å². The Kier molecular flexibility index (Phi) is 6.23. The van der Waals surface area contributed by atoms with Gasteiger partial charge in [-0.05, 0) is 53.4 Å². The molecule has 4 heterocycles. The minimum absolute atomic E-state index is 0.0657. The number of benzene rings is 2. The number of hydrogen-bond donors (Lipinski definition) is 1. The van der Waals surface area contributed by atoms with Crippen LogP contribution in [0.3, 0.4) is 0 Å². The molecule has 3 aliphatic heterocycles. The van der Waals surface area contributed by atoms with E-state index in [0.717, 1.165) is 47.6 Å². The number of hydrogen-bond acceptors (Lipinski definition) is 5. The van der Waals surface area contributed by atoms with Gasteiger partial charge >= 0.3 is 0 Å². The zero-order chi connectivity index (χ0) is 26.4. The summed E-state index contributed by atoms with van der Waals surface area (Å²) in [6.07, 6.45) is -0.143. The number of alkyl halides is 2. The third kappa shape index (κ3) is 4.58. The van der Waals surface area contributed by atoms with Crippen LogP contribution in [0, 0.1) is 0 Å². The van der Waals surface area contributed by atoms with Crippen LogP contribution in [0.5, 0.6) is 0 Å². The average molecular weight is 517 g/mol. The number of imide groups is 1. The van der Waals surface area contributed by atoms with Gasteiger partial charge in [-0.25, -0.2) is 8.78 Å². The quantitative estimate of drug-likeness (QED) is 0.500. The molecule has 0 spiro atoms. The fourth-order valence-corrected chi connectivity index (χ4v) is 5.58. The Hall–Kier alpha value is -3.98. The molecular weight excluding hydrogens is 490 g/mol. The van der Waals surface area contributed by atoms with Crippen molar-refractivity contribution in [3.8, 4) is 11.3 Å². The van der Waals surface area contributed by atoms with Crippen molar-refractivity contribution in [1.82, 2.24) is 20.1 Å². The minimum atomic E-state index is -2.46. The number of carbonyl (C=O) groups excluding carboxylic acids is 3. The first-order valence-electron chi connectivity index (χ1n) is 12.7. The predicted octanol–water partition coefficient (Wildman–Crippen LogP) is 4.05. The van der Waals surface area contributed by atoms with Gasteiger partial charge in [-0.1, -0.05) is 24.3 Å². The van der Waals surface area contributed by atoms with Gasteiger partial charge in [0.2, 0.25) is 11.8 Å². The van der Waals surface area contributed by atoms with Gasteiger partial charge in [0.05, 0.1) is 5.69 Å². The van der Waals surface area contributed by atoms with Crippen LogP contribution in [-0.4, -0.2) is 51.6 Å². The molecule has 1 atom stereocenters. The number of halogens is 2. The highest BCUT2D eigenvalue weighted by Gasteiger charge is 2.39. The van der Waals surface area contributed by atoms with Crippen LogP contribution in [0.2, 0.25) is 0 Å². The van der Waals surface area contributed by atoms with E-state index in [0.29, 0.717) is 18.5 Å². The lowest BCUT2D eigenvalue weighted by molar-refractivity contribution is -0.136. The van der Waals surface area contributed by atoms with E-state index in [-0.39, 0.29) is 29.7 Å². The van der Waals surface area contributed by atoms with E-state index in [1.165, 1.54) is 11.0 Å². The molecule has 0 saturated carbocycles. The molecule has 3 aromatic rings. The van der Waals surface area contributed by atoms with E-state index in [1.54, 1.807) is 24.4 Å². The molecule has 194 valence electrons. The monoisotopic (exact) mass is 516 g/mol. The summed E-state index contributed by atoms with van der Waals surface area (Å²) in [5.74, 6) is -0.684. The highest BCUT2D eigenvalue weighted by atomic mass is 19.3. The normalized spacial score (nSPS) is 20.0. The third-order valence-electron chi connectivity index (χ3n) is 7.64. The zero-order valence-electron chi connectivity index (χ0n) is 20.6. The molecule has 3 aliphatic rings. The van der Waals surface area contributed by atoms with E-state index < -0.39 is 18.4 Å². The van der Waals surface area contributed by atoms with Gasteiger partial charge in [0.25, 0.3) is 12.3 Å². The number of aromatic nitrogens is 1. The largest absolute Gasteiger partial charge is 0.322 e. The summed E-state index contributed by atoms with van der Waals surface area (Å²) in [5, 5.41) is 2.33. The lowest BCUT2D eigenvalue weighted by Crippen LogP contribution is -2.52. The molecule has 1 aromatic heterocycles. The molecule has 0 aliphatic carbocycles. The molecule has 0 radical (unpaired) electrons. The average Bonchev–Trinajstić information content (AvgIpc) is 3.21. The molecule has 0 bridgehead atoms. The zero-order valence-corrected chi connectivity index (χ0v) is 20.6. The summed E-state index contributed by atoms with van der Waals surface area (Å²) in [4.78, 5) is 45.1. The standard InChI is InChI=1S/C29H26F2N4O3/c30-27(31)20-3-1-2-18(11-20)22-14-34(15-22)13-17-8-9-32-24(10-17)19-4-5-23-21(12-19)16-35(29(23)38)25-6-7-26(36)33-28(25)37/h1-5,8-12,22,25,27H,6-7,13-16H2,(H,33,36,37). The SMILES string of the molecule is O=C1CCC(N2Cc3cc(-c4cc(CN5CC(c6cccc(C(F)F)c6)C5)ccn4)ccc3C2=O)C(=O)N1. The van der Waals surface area contributed by atoms with Crippen LogP contribution in [0.4, 0.5) is 8.78 Å². The Balaban J connectivity index is 1.12. The molecule has 1 unspecified atom stereocenters. The lowest BCUT2D eigenvalue weighted by atomic mass is 9.90. The van der Waals surface area contributed by atoms with Gasteiger partial charge in [0.15, 0.2) is 0 Å². The van der Waals surface area contributed by atoms with Crippen molar-refractivity contribution in [3.05, 3.63) is 88.6 Å². The predicted molar refractivity (Wildman–Crippen MR) is 135 cm³/mol. The fourth-order valence-electron chi connectivity index (χ4n) is 5.58. The van der Waals surface area contributed by atoms with Gasteiger partial charge < -0.3 is 4.90 Å². The number of likely N-dealkylation sites (tertiary alicyclic amines) is 1. The van der Waals surface area contributed by atoms with E-state index in [2.05, 4.69) is 15.2 Å². The second kappa shape index (κ2) is 9.72. The van der Waals surface area contributed by atoms with E-state index in [1.807, 2.05) is 30.3 Å². The first-order valence-corrected chi connectivity index (χ1v) is 12.7. The Morgan fingerprint density at radius 3 is 2.66 bits per heavy atom. The van der Waals surface area contributed by atoms with Crippen LogP contribution in [-0.2, 0) is 22.7 Å². The molecular formula is C29H26F2N4O3. The first-order chi connectivity index (χ1) is 18.4. The highest BCUT2D eigenvalue weighted by Crippen LogP contribution is 2.33. The van der Waals surface area contributed by atoms with Gasteiger partial charge in [-0.3, -0.25) is 29.6 Å². The van der Waals surface area contributed by atoms with Crippen molar-refractivity contribution in [3.63, 3.8) is 0 Å². The summed E-state index contributed by atoms with van der Waals surface area (Å²) in [7, 11) is 0. The van der Waals surface area contributed by atoms with Crippen molar-refractivity contribution in [2.45, 2.75) is 44.3 Å². The number of rotatable bonds is 6. The Bertz CT molecular complexity index is 1440. The number of nitrogens with zero attached hydrogens (tertiary/aromatic N) is 3. The number of fused-ring (bicyclic) bond motifs is 1. The summed E-state index contributed by atoms with van der Waals surface area (Å²) in [6.45, 7) is 2.66. The van der Waals surface area contributed by atoms with Crippen molar-refractivity contribution in [2.24, 2.45) is 0 Å². The number of nitrogens with one attached hydrogen (secondary N) is 1. The Morgan fingerprint density at radius 2 is 1.87 bits per heavy atom. The molecule has 6 rings (SSSR count). The van der Waals surface area contributed by atoms with Crippen molar-refractivity contribution in [1.29, 1.82) is 0 Å². The van der Waals surface area contributed by atoms with E-state index in [9.17, 15) is 23.2 Å². The summed E-state index contributed by atoms with van der Waals surface area (Å²) < 4.78 is 26.1. The first kappa shape index (κ1) is 24.4. The molecule has 9 heteroatoms.